The van der Waals surface area contributed by atoms with E-state index >= 15 is 0 Å². The normalized spacial score (nSPS) is 11.0. The highest BCUT2D eigenvalue weighted by molar-refractivity contribution is 6.30. The van der Waals surface area contributed by atoms with E-state index in [2.05, 4.69) is 5.32 Å². The molecule has 0 radical (unpaired) electrons. The van der Waals surface area contributed by atoms with Gasteiger partial charge in [-0.05, 0) is 43.3 Å². The van der Waals surface area contributed by atoms with E-state index in [4.69, 9.17) is 11.6 Å². The third-order valence-corrected chi connectivity index (χ3v) is 4.40. The smallest absolute Gasteiger partial charge is 0.295 e. The second kappa shape index (κ2) is 7.45. The SMILES string of the molecule is Cc1c(N/C=C\C(=O)c2ccc(Cl)cc2)c(=O)n(-c2ccccc2)n1C. The van der Waals surface area contributed by atoms with Gasteiger partial charge in [0.05, 0.1) is 11.4 Å². The number of ketones is 1. The number of carbonyl (C=O) groups is 1. The zero-order valence-corrected chi connectivity index (χ0v) is 15.2. The van der Waals surface area contributed by atoms with Crippen molar-refractivity contribution in [1.29, 1.82) is 0 Å². The van der Waals surface area contributed by atoms with Gasteiger partial charge in [0, 0.05) is 29.9 Å². The van der Waals surface area contributed by atoms with E-state index in [0.717, 1.165) is 11.4 Å². The molecule has 26 heavy (non-hydrogen) atoms. The van der Waals surface area contributed by atoms with Crippen LogP contribution < -0.4 is 10.9 Å². The molecule has 5 nitrogen and oxygen atoms in total. The average molecular weight is 368 g/mol. The molecule has 0 fully saturated rings. The Kier molecular flexibility index (Phi) is 5.09. The van der Waals surface area contributed by atoms with Crippen LogP contribution in [0.2, 0.25) is 5.02 Å². The summed E-state index contributed by atoms with van der Waals surface area (Å²) in [5.41, 5.74) is 2.31. The number of aromatic nitrogens is 2. The molecular formula is C20H18ClN3O2. The molecule has 0 bridgehead atoms. The highest BCUT2D eigenvalue weighted by atomic mass is 35.5. The number of hydrogen-bond donors (Lipinski definition) is 1. The lowest BCUT2D eigenvalue weighted by molar-refractivity contribution is 0.104. The van der Waals surface area contributed by atoms with E-state index in [9.17, 15) is 9.59 Å². The number of halogens is 1. The monoisotopic (exact) mass is 367 g/mol. The average Bonchev–Trinajstić information content (AvgIpc) is 2.86. The van der Waals surface area contributed by atoms with E-state index in [1.54, 1.807) is 33.6 Å². The van der Waals surface area contributed by atoms with Crippen LogP contribution in [0, 0.1) is 6.92 Å². The van der Waals surface area contributed by atoms with Crippen molar-refractivity contribution < 1.29 is 4.79 Å². The van der Waals surface area contributed by atoms with Gasteiger partial charge in [0.15, 0.2) is 5.78 Å². The maximum absolute atomic E-state index is 12.7. The molecule has 132 valence electrons. The van der Waals surface area contributed by atoms with Gasteiger partial charge in [-0.25, -0.2) is 4.68 Å². The van der Waals surface area contributed by atoms with Gasteiger partial charge in [-0.3, -0.25) is 14.3 Å². The fraction of sp³-hybridized carbons (Fsp3) is 0.100. The number of benzene rings is 2. The van der Waals surface area contributed by atoms with Crippen LogP contribution in [0.15, 0.2) is 71.7 Å². The predicted octanol–water partition coefficient (Wildman–Crippen LogP) is 3.95. The molecule has 0 aliphatic heterocycles. The summed E-state index contributed by atoms with van der Waals surface area (Å²) in [4.78, 5) is 24.9. The third kappa shape index (κ3) is 3.48. The minimum absolute atomic E-state index is 0.175. The van der Waals surface area contributed by atoms with Gasteiger partial charge in [-0.15, -0.1) is 0 Å². The molecule has 0 atom stereocenters. The van der Waals surface area contributed by atoms with Crippen molar-refractivity contribution in [1.82, 2.24) is 9.36 Å². The van der Waals surface area contributed by atoms with Crippen LogP contribution in [0.25, 0.3) is 5.69 Å². The highest BCUT2D eigenvalue weighted by Gasteiger charge is 2.14. The number of hydrogen-bond acceptors (Lipinski definition) is 3. The van der Waals surface area contributed by atoms with Crippen LogP contribution in [0.4, 0.5) is 5.69 Å². The van der Waals surface area contributed by atoms with Crippen molar-refractivity contribution in [2.45, 2.75) is 6.92 Å². The molecule has 3 aromatic rings. The number of nitrogens with zero attached hydrogens (tertiary/aromatic N) is 2. The summed E-state index contributed by atoms with van der Waals surface area (Å²) >= 11 is 5.82. The largest absolute Gasteiger partial charge is 0.356 e. The molecule has 1 heterocycles. The molecule has 3 rings (SSSR count). The quantitative estimate of drug-likeness (QED) is 0.548. The Morgan fingerprint density at radius 2 is 1.73 bits per heavy atom. The van der Waals surface area contributed by atoms with Gasteiger partial charge in [0.2, 0.25) is 0 Å². The van der Waals surface area contributed by atoms with Gasteiger partial charge in [0.25, 0.3) is 5.56 Å². The van der Waals surface area contributed by atoms with E-state index in [1.807, 2.05) is 44.3 Å². The van der Waals surface area contributed by atoms with Crippen molar-refractivity contribution in [2.75, 3.05) is 5.32 Å². The first-order valence-electron chi connectivity index (χ1n) is 8.06. The van der Waals surface area contributed by atoms with Gasteiger partial charge >= 0.3 is 0 Å². The number of para-hydroxylation sites is 1. The number of anilines is 1. The fourth-order valence-corrected chi connectivity index (χ4v) is 2.77. The maximum Gasteiger partial charge on any atom is 0.295 e. The molecule has 6 heteroatoms. The summed E-state index contributed by atoms with van der Waals surface area (Å²) in [5, 5.41) is 3.52. The zero-order chi connectivity index (χ0) is 18.7. The fourth-order valence-electron chi connectivity index (χ4n) is 2.65. The summed E-state index contributed by atoms with van der Waals surface area (Å²) in [6.45, 7) is 1.85. The van der Waals surface area contributed by atoms with Crippen LogP contribution in [0.5, 0.6) is 0 Å². The number of nitrogens with one attached hydrogen (secondary N) is 1. The molecule has 0 aliphatic rings. The zero-order valence-electron chi connectivity index (χ0n) is 14.4. The molecule has 0 spiro atoms. The summed E-state index contributed by atoms with van der Waals surface area (Å²) in [5.74, 6) is -0.175. The van der Waals surface area contributed by atoms with Crippen LogP contribution in [0.1, 0.15) is 16.1 Å². The molecule has 0 aliphatic carbocycles. The molecule has 0 unspecified atom stereocenters. The van der Waals surface area contributed by atoms with Crippen LogP contribution >= 0.6 is 11.6 Å². The third-order valence-electron chi connectivity index (χ3n) is 4.15. The number of allylic oxidation sites excluding steroid dienone is 1. The van der Waals surface area contributed by atoms with Crippen molar-refractivity contribution in [2.24, 2.45) is 7.05 Å². The summed E-state index contributed by atoms with van der Waals surface area (Å²) in [6.07, 6.45) is 2.87. The minimum Gasteiger partial charge on any atom is -0.356 e. The second-order valence-corrected chi connectivity index (χ2v) is 6.22. The first kappa shape index (κ1) is 17.8. The van der Waals surface area contributed by atoms with Gasteiger partial charge in [-0.1, -0.05) is 29.8 Å². The molecule has 2 aromatic carbocycles. The standard InChI is InChI=1S/C20H18ClN3O2/c1-14-19(20(26)24(23(14)2)17-6-4-3-5-7-17)22-13-12-18(25)15-8-10-16(21)11-9-15/h3-13,22H,1-2H3/b13-12-. The molecule has 1 N–H and O–H groups in total. The minimum atomic E-state index is -0.181. The lowest BCUT2D eigenvalue weighted by Crippen LogP contribution is -2.20. The van der Waals surface area contributed by atoms with E-state index in [0.29, 0.717) is 16.3 Å². The predicted molar refractivity (Wildman–Crippen MR) is 104 cm³/mol. The summed E-state index contributed by atoms with van der Waals surface area (Å²) in [7, 11) is 1.82. The molecular weight excluding hydrogens is 350 g/mol. The Balaban J connectivity index is 1.84. The van der Waals surface area contributed by atoms with E-state index in [-0.39, 0.29) is 11.3 Å². The Bertz CT molecular complexity index is 1020. The maximum atomic E-state index is 12.7. The van der Waals surface area contributed by atoms with Crippen molar-refractivity contribution in [3.8, 4) is 5.69 Å². The van der Waals surface area contributed by atoms with Crippen LogP contribution in [-0.2, 0) is 7.05 Å². The Labute approximate surface area is 156 Å². The second-order valence-electron chi connectivity index (χ2n) is 5.79. The lowest BCUT2D eigenvalue weighted by atomic mass is 10.1. The first-order valence-corrected chi connectivity index (χ1v) is 8.44. The van der Waals surface area contributed by atoms with Crippen LogP contribution in [-0.4, -0.2) is 15.1 Å². The highest BCUT2D eigenvalue weighted by Crippen LogP contribution is 2.14. The first-order chi connectivity index (χ1) is 12.5. The van der Waals surface area contributed by atoms with Crippen LogP contribution in [0.3, 0.4) is 0 Å². The molecule has 0 amide bonds. The topological polar surface area (TPSA) is 56.0 Å². The molecule has 1 aromatic heterocycles. The molecule has 0 saturated heterocycles. The van der Waals surface area contributed by atoms with Gasteiger partial charge in [0.1, 0.15) is 5.69 Å². The number of rotatable bonds is 5. The lowest BCUT2D eigenvalue weighted by Gasteiger charge is -2.07. The summed E-state index contributed by atoms with van der Waals surface area (Å²) < 4.78 is 3.35. The van der Waals surface area contributed by atoms with E-state index in [1.165, 1.54) is 12.3 Å². The Morgan fingerprint density at radius 1 is 1.08 bits per heavy atom. The van der Waals surface area contributed by atoms with Crippen molar-refractivity contribution in [3.05, 3.63) is 93.5 Å². The van der Waals surface area contributed by atoms with Gasteiger partial charge in [-0.2, -0.15) is 0 Å². The van der Waals surface area contributed by atoms with Gasteiger partial charge < -0.3 is 5.32 Å². The van der Waals surface area contributed by atoms with Crippen molar-refractivity contribution in [3.63, 3.8) is 0 Å². The van der Waals surface area contributed by atoms with Crippen molar-refractivity contribution >= 4 is 23.1 Å². The summed E-state index contributed by atoms with van der Waals surface area (Å²) in [6, 6.07) is 16.0. The molecule has 0 saturated carbocycles. The Hall–Kier alpha value is -3.05. The Morgan fingerprint density at radius 3 is 2.38 bits per heavy atom. The van der Waals surface area contributed by atoms with E-state index < -0.39 is 0 Å². The number of carbonyl (C=O) groups excluding carboxylic acids is 1.